The highest BCUT2D eigenvalue weighted by Crippen LogP contribution is 2.10. The van der Waals surface area contributed by atoms with Crippen molar-refractivity contribution in [1.29, 1.82) is 0 Å². The van der Waals surface area contributed by atoms with Gasteiger partial charge in [0.15, 0.2) is 0 Å². The van der Waals surface area contributed by atoms with Crippen LogP contribution in [0.3, 0.4) is 0 Å². The van der Waals surface area contributed by atoms with Crippen molar-refractivity contribution in [3.8, 4) is 11.8 Å². The van der Waals surface area contributed by atoms with Gasteiger partial charge >= 0.3 is 0 Å². The van der Waals surface area contributed by atoms with Gasteiger partial charge in [-0.15, -0.1) is 0 Å². The molecule has 0 unspecified atom stereocenters. The Morgan fingerprint density at radius 3 is 2.03 bits per heavy atom. The van der Waals surface area contributed by atoms with E-state index < -0.39 is 17.9 Å². The second-order valence-electron chi connectivity index (χ2n) is 8.28. The number of hydroxylamine groups is 1. The molecule has 3 rings (SSSR count). The number of hydrogen-bond acceptors (Lipinski definition) is 6. The summed E-state index contributed by atoms with van der Waals surface area (Å²) in [6.45, 7) is 2.69. The van der Waals surface area contributed by atoms with Crippen LogP contribution in [0.2, 0.25) is 0 Å². The highest BCUT2D eigenvalue weighted by atomic mass is 16.5. The van der Waals surface area contributed by atoms with Gasteiger partial charge in [0.1, 0.15) is 6.04 Å². The van der Waals surface area contributed by atoms with Gasteiger partial charge < -0.3 is 21.7 Å². The predicted molar refractivity (Wildman–Crippen MR) is 147 cm³/mol. The third kappa shape index (κ3) is 9.19. The van der Waals surface area contributed by atoms with Crippen LogP contribution in [0.15, 0.2) is 72.8 Å². The second-order valence-corrected chi connectivity index (χ2v) is 8.28. The Morgan fingerprint density at radius 2 is 1.47 bits per heavy atom. The summed E-state index contributed by atoms with van der Waals surface area (Å²) in [5.74, 6) is 4.63. The number of benzene rings is 3. The van der Waals surface area contributed by atoms with E-state index in [0.717, 1.165) is 11.1 Å². The molecule has 0 aliphatic heterocycles. The first-order valence-electron chi connectivity index (χ1n) is 11.6. The van der Waals surface area contributed by atoms with E-state index in [1.54, 1.807) is 36.4 Å². The molecule has 0 radical (unpaired) electrons. The molecule has 0 aliphatic rings. The molecular formula is C29H33N5O4. The first-order chi connectivity index (χ1) is 17.9. The lowest BCUT2D eigenvalue weighted by molar-refractivity contribution is -0.130. The highest BCUT2D eigenvalue weighted by Gasteiger charge is 2.19. The van der Waals surface area contributed by atoms with E-state index in [0.29, 0.717) is 23.4 Å². The van der Waals surface area contributed by atoms with Crippen LogP contribution in [0.25, 0.3) is 0 Å². The summed E-state index contributed by atoms with van der Waals surface area (Å²) in [6, 6.07) is 20.8. The van der Waals surface area contributed by atoms with Crippen molar-refractivity contribution in [1.82, 2.24) is 16.1 Å². The van der Waals surface area contributed by atoms with Gasteiger partial charge in [0.25, 0.3) is 11.8 Å². The standard InChI is InChI=1S/C28H29N5O4.CH4/c1-19-2-4-22(5-3-19)17-30-18-26(34)31-24-14-10-21(11-15-24)7-6-20-8-12-23(13-9-20)27(35)32-25(16-29)28(36)33-37;/h2-5,8-15,25,30,37H,16-18,29H2,1H3,(H,31,34)(H,32,35)(H,33,36);1H4/t25-;/m0./s1. The minimum Gasteiger partial charge on any atom is -0.339 e. The first-order valence-corrected chi connectivity index (χ1v) is 11.6. The van der Waals surface area contributed by atoms with E-state index in [2.05, 4.69) is 27.8 Å². The summed E-state index contributed by atoms with van der Waals surface area (Å²) in [5, 5.41) is 17.1. The van der Waals surface area contributed by atoms with Crippen molar-refractivity contribution in [2.75, 3.05) is 18.4 Å². The number of anilines is 1. The number of aryl methyl sites for hydroxylation is 1. The number of rotatable bonds is 9. The quantitative estimate of drug-likeness (QED) is 0.147. The van der Waals surface area contributed by atoms with Gasteiger partial charge in [-0.25, -0.2) is 5.48 Å². The maximum Gasteiger partial charge on any atom is 0.267 e. The van der Waals surface area contributed by atoms with E-state index in [1.807, 2.05) is 43.3 Å². The smallest absolute Gasteiger partial charge is 0.267 e. The van der Waals surface area contributed by atoms with Crippen molar-refractivity contribution in [2.45, 2.75) is 26.9 Å². The summed E-state index contributed by atoms with van der Waals surface area (Å²) in [4.78, 5) is 35.9. The maximum absolute atomic E-state index is 12.3. The summed E-state index contributed by atoms with van der Waals surface area (Å²) < 4.78 is 0. The molecule has 3 aromatic rings. The lowest BCUT2D eigenvalue weighted by Gasteiger charge is -2.14. The van der Waals surface area contributed by atoms with Crippen LogP contribution in [0.5, 0.6) is 0 Å². The second kappa shape index (κ2) is 14.9. The van der Waals surface area contributed by atoms with E-state index in [1.165, 1.54) is 11.0 Å². The molecule has 0 aromatic heterocycles. The number of hydrogen-bond donors (Lipinski definition) is 6. The minimum absolute atomic E-state index is 0. The molecule has 9 heteroatoms. The summed E-state index contributed by atoms with van der Waals surface area (Å²) in [6.07, 6.45) is 0. The zero-order chi connectivity index (χ0) is 26.6. The van der Waals surface area contributed by atoms with Gasteiger partial charge in [0.2, 0.25) is 5.91 Å². The summed E-state index contributed by atoms with van der Waals surface area (Å²) in [7, 11) is 0. The Labute approximate surface area is 222 Å². The molecule has 0 fully saturated rings. The SMILES string of the molecule is C.Cc1ccc(CNCC(=O)Nc2ccc(C#Cc3ccc(C(=O)N[C@@H](CN)C(=O)NO)cc3)cc2)cc1. The van der Waals surface area contributed by atoms with Crippen LogP contribution >= 0.6 is 0 Å². The predicted octanol–water partition coefficient (Wildman–Crippen LogP) is 2.32. The molecule has 9 nitrogen and oxygen atoms in total. The third-order valence-corrected chi connectivity index (χ3v) is 5.37. The molecule has 3 amide bonds. The molecule has 0 saturated heterocycles. The topological polar surface area (TPSA) is 146 Å². The van der Waals surface area contributed by atoms with Gasteiger partial charge in [-0.2, -0.15) is 0 Å². The van der Waals surface area contributed by atoms with Crippen LogP contribution in [0.1, 0.15) is 40.0 Å². The molecule has 0 bridgehead atoms. The lowest BCUT2D eigenvalue weighted by atomic mass is 10.1. The number of amides is 3. The Bertz CT molecular complexity index is 1280. The molecule has 0 heterocycles. The van der Waals surface area contributed by atoms with Crippen LogP contribution in [-0.2, 0) is 16.1 Å². The average Bonchev–Trinajstić information content (AvgIpc) is 2.92. The fourth-order valence-corrected chi connectivity index (χ4v) is 3.27. The van der Waals surface area contributed by atoms with E-state index in [-0.39, 0.29) is 26.4 Å². The van der Waals surface area contributed by atoms with Crippen molar-refractivity contribution in [2.24, 2.45) is 5.73 Å². The van der Waals surface area contributed by atoms with Gasteiger partial charge in [-0.05, 0) is 61.0 Å². The van der Waals surface area contributed by atoms with E-state index >= 15 is 0 Å². The molecule has 1 atom stereocenters. The van der Waals surface area contributed by atoms with E-state index in [9.17, 15) is 14.4 Å². The molecule has 7 N–H and O–H groups in total. The lowest BCUT2D eigenvalue weighted by Crippen LogP contribution is -2.50. The van der Waals surface area contributed by atoms with Gasteiger partial charge in [-0.1, -0.05) is 49.1 Å². The molecule has 0 saturated carbocycles. The Hall–Kier alpha value is -4.49. The number of carbonyl (C=O) groups excluding carboxylic acids is 3. The number of nitrogens with one attached hydrogen (secondary N) is 4. The monoisotopic (exact) mass is 515 g/mol. The minimum atomic E-state index is -1.04. The zero-order valence-corrected chi connectivity index (χ0v) is 20.4. The van der Waals surface area contributed by atoms with Crippen LogP contribution in [0.4, 0.5) is 5.69 Å². The van der Waals surface area contributed by atoms with E-state index in [4.69, 9.17) is 10.9 Å². The molecular weight excluding hydrogens is 482 g/mol. The Balaban J connectivity index is 0.00000507. The highest BCUT2D eigenvalue weighted by molar-refractivity contribution is 5.97. The largest absolute Gasteiger partial charge is 0.339 e. The van der Waals surface area contributed by atoms with Crippen LogP contribution in [0, 0.1) is 18.8 Å². The summed E-state index contributed by atoms with van der Waals surface area (Å²) >= 11 is 0. The number of carbonyl (C=O) groups is 3. The van der Waals surface area contributed by atoms with Crippen molar-refractivity contribution in [3.63, 3.8) is 0 Å². The van der Waals surface area contributed by atoms with Crippen LogP contribution in [-0.4, -0.2) is 42.1 Å². The molecule has 0 aliphatic carbocycles. The van der Waals surface area contributed by atoms with Crippen molar-refractivity contribution < 1.29 is 19.6 Å². The third-order valence-electron chi connectivity index (χ3n) is 5.37. The van der Waals surface area contributed by atoms with Crippen molar-refractivity contribution in [3.05, 3.63) is 101 Å². The summed E-state index contributed by atoms with van der Waals surface area (Å²) in [5.41, 5.74) is 11.7. The molecule has 0 spiro atoms. The fourth-order valence-electron chi connectivity index (χ4n) is 3.27. The van der Waals surface area contributed by atoms with Gasteiger partial charge in [0.05, 0.1) is 6.54 Å². The Morgan fingerprint density at radius 1 is 0.895 bits per heavy atom. The maximum atomic E-state index is 12.3. The first kappa shape index (κ1) is 29.7. The Kier molecular flexibility index (Phi) is 11.7. The fraction of sp³-hybridized carbons (Fsp3) is 0.207. The van der Waals surface area contributed by atoms with Gasteiger partial charge in [0, 0.05) is 35.5 Å². The number of nitrogens with two attached hydrogens (primary N) is 1. The average molecular weight is 516 g/mol. The zero-order valence-electron chi connectivity index (χ0n) is 20.4. The molecule has 3 aromatic carbocycles. The van der Waals surface area contributed by atoms with Crippen LogP contribution < -0.4 is 27.2 Å². The molecule has 198 valence electrons. The van der Waals surface area contributed by atoms with Gasteiger partial charge in [-0.3, -0.25) is 19.6 Å². The molecule has 38 heavy (non-hydrogen) atoms. The van der Waals surface area contributed by atoms with Crippen molar-refractivity contribution >= 4 is 23.4 Å². The normalized spacial score (nSPS) is 10.7.